The summed E-state index contributed by atoms with van der Waals surface area (Å²) in [6.07, 6.45) is 0. The van der Waals surface area contributed by atoms with E-state index in [0.717, 1.165) is 72.4 Å². The van der Waals surface area contributed by atoms with E-state index >= 15 is 0 Å². The third kappa shape index (κ3) is 18.1. The maximum atomic E-state index is 2.71. The van der Waals surface area contributed by atoms with Crippen LogP contribution in [0.3, 0.4) is 0 Å². The van der Waals surface area contributed by atoms with Crippen LogP contribution in [-0.2, 0) is 59.6 Å². The van der Waals surface area contributed by atoms with Gasteiger partial charge in [0.15, 0.2) is 0 Å². The second-order valence-electron chi connectivity index (χ2n) is 44.8. The lowest BCUT2D eigenvalue weighted by molar-refractivity contribution is 0.568. The fourth-order valence-electron chi connectivity index (χ4n) is 15.7. The van der Waals surface area contributed by atoms with E-state index in [1.807, 2.05) is 0 Å². The lowest BCUT2D eigenvalue weighted by atomic mass is 9.78. The number of fused-ring (bicyclic) bond motifs is 2. The topological polar surface area (TPSA) is 6.48 Å². The van der Waals surface area contributed by atoms with Gasteiger partial charge in [-0.25, -0.2) is 0 Å². The van der Waals surface area contributed by atoms with Crippen LogP contribution >= 0.6 is 0 Å². The molecule has 12 aromatic carbocycles. The Morgan fingerprint density at radius 1 is 0.140 bits per heavy atom. The van der Waals surface area contributed by atoms with Crippen molar-refractivity contribution in [3.63, 3.8) is 0 Å². The molecule has 0 radical (unpaired) electrons. The van der Waals surface area contributed by atoms with Crippen LogP contribution in [0.2, 0.25) is 0 Å². The average Bonchev–Trinajstić information content (AvgIpc) is 0.716. The largest absolute Gasteiger partial charge is 0.309 e. The summed E-state index contributed by atoms with van der Waals surface area (Å²) in [5, 5.41) is 4.56. The second kappa shape index (κ2) is 29.5. The quantitative estimate of drug-likeness (QED) is 0.0941. The minimum atomic E-state index is -0.210. The van der Waals surface area contributed by atoms with Crippen LogP contribution in [0.1, 0.15) is 290 Å². The molecule has 0 spiro atoms. The van der Waals surface area contributed by atoms with Gasteiger partial charge in [0.1, 0.15) is 0 Å². The van der Waals surface area contributed by atoms with Gasteiger partial charge in [-0.2, -0.15) is 0 Å². The average molecular weight is 1510 g/mol. The zero-order chi connectivity index (χ0) is 83.7. The standard InChI is InChI=1S/C112H136N2/c1-102(2,3)81-43-39-42-72(50-81)74-48-75(78-51-82(103(4,5)6)62-83(52-78)104(7,8)9)58-92(57-74)114(95-69-90(111(28,29)30)66-91(70-95)112(31,32)33)101-97-45-38-37-44-96(97)100(98-47-46-73(61-99(98)101)71-40-35-34-36-41-71)113(94-67-88(109(22,23)24)65-89(68-94)110(25,26)27)93-59-76(79-53-84(105(10,11)12)63-85(54-79)106(13,14)15)49-77(60-93)80-55-86(107(16,17)18)64-87(56-80)108(19,20)21/h34-70H,1-33H3. The number of hydrogen-bond acceptors (Lipinski definition) is 2. The van der Waals surface area contributed by atoms with Crippen molar-refractivity contribution in [3.8, 4) is 55.6 Å². The molecule has 2 heteroatoms. The molecule has 0 bridgehead atoms. The Balaban J connectivity index is 1.34. The summed E-state index contributed by atoms with van der Waals surface area (Å²) >= 11 is 0. The van der Waals surface area contributed by atoms with E-state index in [0.29, 0.717) is 0 Å². The Kier molecular flexibility index (Phi) is 21.8. The molecule has 0 atom stereocenters. The molecule has 594 valence electrons. The molecular weight excluding hydrogens is 1370 g/mol. The van der Waals surface area contributed by atoms with E-state index in [4.69, 9.17) is 0 Å². The molecule has 0 amide bonds. The molecule has 0 aromatic heterocycles. The Morgan fingerprint density at radius 3 is 0.658 bits per heavy atom. The molecule has 0 unspecified atom stereocenters. The normalized spacial score (nSPS) is 13.3. The van der Waals surface area contributed by atoms with Crippen molar-refractivity contribution < 1.29 is 0 Å². The summed E-state index contributed by atoms with van der Waals surface area (Å²) in [7, 11) is 0. The highest BCUT2D eigenvalue weighted by Crippen LogP contribution is 2.56. The lowest BCUT2D eigenvalue weighted by Crippen LogP contribution is -2.20. The maximum Gasteiger partial charge on any atom is 0.0620 e. The highest BCUT2D eigenvalue weighted by molar-refractivity contribution is 6.24. The van der Waals surface area contributed by atoms with Gasteiger partial charge < -0.3 is 9.80 Å². The van der Waals surface area contributed by atoms with Gasteiger partial charge in [0.2, 0.25) is 0 Å². The zero-order valence-electron chi connectivity index (χ0n) is 76.3. The van der Waals surface area contributed by atoms with E-state index in [1.54, 1.807) is 0 Å². The molecule has 0 aliphatic rings. The van der Waals surface area contributed by atoms with Crippen molar-refractivity contribution in [3.05, 3.63) is 286 Å². The third-order valence-corrected chi connectivity index (χ3v) is 23.7. The highest BCUT2D eigenvalue weighted by Gasteiger charge is 2.34. The molecule has 0 saturated heterocycles. The fourth-order valence-corrected chi connectivity index (χ4v) is 15.7. The number of anilines is 6. The van der Waals surface area contributed by atoms with Gasteiger partial charge in [0, 0.05) is 44.3 Å². The molecule has 114 heavy (non-hydrogen) atoms. The summed E-state index contributed by atoms with van der Waals surface area (Å²) in [6, 6.07) is 90.0. The van der Waals surface area contributed by atoms with Crippen molar-refractivity contribution in [2.75, 3.05) is 9.80 Å². The minimum Gasteiger partial charge on any atom is -0.309 e. The molecule has 12 aromatic rings. The van der Waals surface area contributed by atoms with Crippen LogP contribution < -0.4 is 9.80 Å². The summed E-state index contributed by atoms with van der Waals surface area (Å²) < 4.78 is 0. The highest BCUT2D eigenvalue weighted by atomic mass is 15.2. The first kappa shape index (κ1) is 84.2. The lowest BCUT2D eigenvalue weighted by Gasteiger charge is -2.36. The summed E-state index contributed by atoms with van der Waals surface area (Å²) in [5.74, 6) is 0. The van der Waals surface area contributed by atoms with Gasteiger partial charge >= 0.3 is 0 Å². The van der Waals surface area contributed by atoms with Gasteiger partial charge in [-0.05, 0) is 243 Å². The van der Waals surface area contributed by atoms with Crippen LogP contribution in [0.4, 0.5) is 34.1 Å². The minimum absolute atomic E-state index is 0.0860. The molecule has 12 rings (SSSR count). The first-order chi connectivity index (χ1) is 52.4. The van der Waals surface area contributed by atoms with Crippen LogP contribution in [-0.4, -0.2) is 0 Å². The van der Waals surface area contributed by atoms with Crippen LogP contribution in [0.15, 0.2) is 224 Å². The van der Waals surface area contributed by atoms with Gasteiger partial charge in [-0.1, -0.05) is 386 Å². The first-order valence-electron chi connectivity index (χ1n) is 42.3. The Morgan fingerprint density at radius 2 is 0.360 bits per heavy atom. The molecule has 0 N–H and O–H groups in total. The molecule has 0 heterocycles. The van der Waals surface area contributed by atoms with Crippen LogP contribution in [0.25, 0.3) is 77.2 Å². The van der Waals surface area contributed by atoms with Crippen molar-refractivity contribution in [2.24, 2.45) is 0 Å². The van der Waals surface area contributed by atoms with Crippen molar-refractivity contribution in [1.82, 2.24) is 0 Å². The van der Waals surface area contributed by atoms with Gasteiger partial charge in [0.05, 0.1) is 11.4 Å². The Labute approximate surface area is 690 Å². The van der Waals surface area contributed by atoms with Crippen LogP contribution in [0.5, 0.6) is 0 Å². The summed E-state index contributed by atoms with van der Waals surface area (Å²) in [5.41, 5.74) is 31.2. The third-order valence-electron chi connectivity index (χ3n) is 23.7. The summed E-state index contributed by atoms with van der Waals surface area (Å²) in [4.78, 5) is 5.42. The van der Waals surface area contributed by atoms with E-state index < -0.39 is 0 Å². The van der Waals surface area contributed by atoms with Gasteiger partial charge in [0.25, 0.3) is 0 Å². The number of nitrogens with zero attached hydrogens (tertiary/aromatic N) is 2. The fraction of sp³-hybridized carbons (Fsp3) is 0.393. The second-order valence-corrected chi connectivity index (χ2v) is 44.8. The molecular formula is C112H136N2. The number of rotatable bonds is 11. The van der Waals surface area contributed by atoms with Crippen LogP contribution in [0, 0.1) is 0 Å². The first-order valence-corrected chi connectivity index (χ1v) is 42.3. The monoisotopic (exact) mass is 1510 g/mol. The predicted octanol–water partition coefficient (Wildman–Crippen LogP) is 33.5. The van der Waals surface area contributed by atoms with E-state index in [1.165, 1.54) is 100 Å². The summed E-state index contributed by atoms with van der Waals surface area (Å²) in [6.45, 7) is 78.2. The Bertz CT molecular complexity index is 5350. The van der Waals surface area contributed by atoms with Crippen molar-refractivity contribution in [1.29, 1.82) is 0 Å². The predicted molar refractivity (Wildman–Crippen MR) is 504 cm³/mol. The van der Waals surface area contributed by atoms with Crippen molar-refractivity contribution in [2.45, 2.75) is 288 Å². The molecule has 0 aliphatic carbocycles. The molecule has 0 saturated carbocycles. The molecule has 2 nitrogen and oxygen atoms in total. The number of benzene rings is 12. The van der Waals surface area contributed by atoms with E-state index in [2.05, 4.69) is 463 Å². The van der Waals surface area contributed by atoms with Gasteiger partial charge in [-0.15, -0.1) is 0 Å². The Hall–Kier alpha value is -9.24. The van der Waals surface area contributed by atoms with E-state index in [9.17, 15) is 0 Å². The number of hydrogen-bond donors (Lipinski definition) is 0. The van der Waals surface area contributed by atoms with E-state index in [-0.39, 0.29) is 59.6 Å². The van der Waals surface area contributed by atoms with Crippen molar-refractivity contribution >= 4 is 55.7 Å². The zero-order valence-corrected chi connectivity index (χ0v) is 76.3. The maximum absolute atomic E-state index is 2.71. The molecule has 0 aliphatic heterocycles. The SMILES string of the molecule is CC(C)(C)c1cccc(-c2cc(-c3cc(C(C)(C)C)cc(C(C)(C)C)c3)cc(N(c3cc(C(C)(C)C)cc(C(C)(C)C)c3)c3c4ccccc4c(N(c4cc(-c5cc(C(C)(C)C)cc(C(C)(C)C)c5)cc(-c5cc(C(C)(C)C)cc(C(C)(C)C)c5)c4)c4cc(C(C)(C)C)cc(C(C)(C)C)c4)c4ccc(-c5ccccc5)cc34)c2)c1. The van der Waals surface area contributed by atoms with Gasteiger partial charge in [-0.3, -0.25) is 0 Å². The molecule has 0 fully saturated rings. The smallest absolute Gasteiger partial charge is 0.0620 e.